The molecule has 0 bridgehead atoms. The minimum absolute atomic E-state index is 0.0323. The summed E-state index contributed by atoms with van der Waals surface area (Å²) in [5.74, 6) is 1.31. The third-order valence-electron chi connectivity index (χ3n) is 3.86. The maximum absolute atomic E-state index is 11.1. The van der Waals surface area contributed by atoms with Gasteiger partial charge in [0.1, 0.15) is 0 Å². The molecule has 1 N–H and O–H groups in total. The quantitative estimate of drug-likeness (QED) is 0.720. The summed E-state index contributed by atoms with van der Waals surface area (Å²) in [5.41, 5.74) is 0.307. The van der Waals surface area contributed by atoms with E-state index in [-0.39, 0.29) is 5.91 Å². The van der Waals surface area contributed by atoms with Gasteiger partial charge in [0.2, 0.25) is 5.91 Å². The van der Waals surface area contributed by atoms with Crippen LogP contribution in [-0.2, 0) is 4.79 Å². The molecule has 15 heavy (non-hydrogen) atoms. The Balaban J connectivity index is 4.15. The third kappa shape index (κ3) is 4.23. The van der Waals surface area contributed by atoms with Crippen molar-refractivity contribution in [1.82, 2.24) is 5.32 Å². The van der Waals surface area contributed by atoms with Gasteiger partial charge in [0.05, 0.1) is 0 Å². The summed E-state index contributed by atoms with van der Waals surface area (Å²) in [6, 6.07) is 0. The molecule has 0 unspecified atom stereocenters. The highest BCUT2D eigenvalue weighted by atomic mass is 16.1. The number of amides is 1. The van der Waals surface area contributed by atoms with E-state index in [1.807, 2.05) is 0 Å². The lowest BCUT2D eigenvalue weighted by atomic mass is 9.68. The van der Waals surface area contributed by atoms with Crippen molar-refractivity contribution in [3.05, 3.63) is 6.42 Å². The van der Waals surface area contributed by atoms with Crippen LogP contribution in [0.2, 0.25) is 0 Å². The van der Waals surface area contributed by atoms with E-state index in [0.29, 0.717) is 17.3 Å². The Morgan fingerprint density at radius 3 is 2.07 bits per heavy atom. The fraction of sp³-hybridized carbons (Fsp3) is 0.846. The lowest BCUT2D eigenvalue weighted by molar-refractivity contribution is -0.117. The zero-order chi connectivity index (χ0) is 12.1. The van der Waals surface area contributed by atoms with E-state index in [4.69, 9.17) is 0 Å². The zero-order valence-electron chi connectivity index (χ0n) is 11.1. The first-order valence-corrected chi connectivity index (χ1v) is 5.91. The normalized spacial score (nSPS) is 12.3. The maximum Gasteiger partial charge on any atom is 0.223 e. The molecule has 0 atom stereocenters. The van der Waals surface area contributed by atoms with E-state index in [2.05, 4.69) is 39.9 Å². The van der Waals surface area contributed by atoms with E-state index in [9.17, 15) is 4.79 Å². The second kappa shape index (κ2) is 6.14. The van der Waals surface area contributed by atoms with Gasteiger partial charge in [-0.05, 0) is 23.7 Å². The molecule has 0 fully saturated rings. The van der Waals surface area contributed by atoms with Crippen molar-refractivity contribution in [2.24, 2.45) is 17.3 Å². The predicted molar refractivity (Wildman–Crippen MR) is 65.4 cm³/mol. The van der Waals surface area contributed by atoms with Gasteiger partial charge >= 0.3 is 0 Å². The number of nitrogens with one attached hydrogen (secondary N) is 1. The zero-order valence-corrected chi connectivity index (χ0v) is 11.1. The molecule has 0 heterocycles. The van der Waals surface area contributed by atoms with E-state index in [1.165, 1.54) is 0 Å². The van der Waals surface area contributed by atoms with Crippen LogP contribution in [-0.4, -0.2) is 12.5 Å². The molecule has 2 nitrogen and oxygen atoms in total. The second-order valence-corrected chi connectivity index (χ2v) is 5.14. The molecule has 0 saturated carbocycles. The van der Waals surface area contributed by atoms with Gasteiger partial charge in [0.25, 0.3) is 0 Å². The second-order valence-electron chi connectivity index (χ2n) is 5.14. The minimum Gasteiger partial charge on any atom is -0.356 e. The van der Waals surface area contributed by atoms with Gasteiger partial charge in [-0.25, -0.2) is 0 Å². The first kappa shape index (κ1) is 14.5. The Morgan fingerprint density at radius 1 is 1.27 bits per heavy atom. The number of carbonyl (C=O) groups is 1. The highest BCUT2D eigenvalue weighted by molar-refractivity contribution is 5.83. The number of hydrogen-bond acceptors (Lipinski definition) is 1. The van der Waals surface area contributed by atoms with Crippen LogP contribution in [0.4, 0.5) is 0 Å². The number of rotatable bonds is 6. The number of hydrogen-bond donors (Lipinski definition) is 1. The van der Waals surface area contributed by atoms with Gasteiger partial charge in [0.15, 0.2) is 0 Å². The molecule has 0 spiro atoms. The summed E-state index contributed by atoms with van der Waals surface area (Å²) in [7, 11) is 0. The smallest absolute Gasteiger partial charge is 0.223 e. The molecule has 1 amide bonds. The fourth-order valence-corrected chi connectivity index (χ4v) is 1.80. The highest BCUT2D eigenvalue weighted by Gasteiger charge is 2.31. The summed E-state index contributed by atoms with van der Waals surface area (Å²) in [4.78, 5) is 11.1. The summed E-state index contributed by atoms with van der Waals surface area (Å²) in [6.07, 6.45) is 2.62. The highest BCUT2D eigenvalue weighted by Crippen LogP contribution is 2.38. The summed E-state index contributed by atoms with van der Waals surface area (Å²) in [6.45, 7) is 13.9. The van der Waals surface area contributed by atoms with Crippen LogP contribution in [0, 0.1) is 23.7 Å². The molecule has 1 radical (unpaired) electrons. The Hall–Kier alpha value is -0.530. The number of carbonyl (C=O) groups excluding carboxylic acids is 1. The largest absolute Gasteiger partial charge is 0.356 e. The molecule has 0 aromatic rings. The molecule has 0 aliphatic heterocycles. The molecule has 0 aromatic carbocycles. The van der Waals surface area contributed by atoms with Gasteiger partial charge in [-0.2, -0.15) is 0 Å². The average molecular weight is 212 g/mol. The first-order valence-electron chi connectivity index (χ1n) is 5.91. The fourth-order valence-electron chi connectivity index (χ4n) is 1.80. The van der Waals surface area contributed by atoms with Crippen LogP contribution in [0.3, 0.4) is 0 Å². The van der Waals surface area contributed by atoms with Crippen LogP contribution in [0.25, 0.3) is 0 Å². The summed E-state index contributed by atoms with van der Waals surface area (Å²) < 4.78 is 0. The molecule has 0 aliphatic rings. The minimum atomic E-state index is 0.0323. The van der Waals surface area contributed by atoms with Crippen LogP contribution in [0.1, 0.15) is 48.0 Å². The molecular weight excluding hydrogens is 186 g/mol. The van der Waals surface area contributed by atoms with Crippen LogP contribution < -0.4 is 5.32 Å². The van der Waals surface area contributed by atoms with Crippen LogP contribution >= 0.6 is 0 Å². The van der Waals surface area contributed by atoms with Crippen LogP contribution in [0.5, 0.6) is 0 Å². The van der Waals surface area contributed by atoms with E-state index in [1.54, 1.807) is 13.3 Å². The molecule has 0 rings (SSSR count). The molecule has 0 aliphatic carbocycles. The monoisotopic (exact) mass is 212 g/mol. The Kier molecular flexibility index (Phi) is 5.92. The lowest BCUT2D eigenvalue weighted by Gasteiger charge is -2.38. The van der Waals surface area contributed by atoms with E-state index >= 15 is 0 Å². The van der Waals surface area contributed by atoms with Crippen molar-refractivity contribution in [2.45, 2.75) is 48.0 Å². The van der Waals surface area contributed by atoms with Gasteiger partial charge in [-0.3, -0.25) is 4.79 Å². The van der Waals surface area contributed by atoms with Crippen molar-refractivity contribution < 1.29 is 4.79 Å². The lowest BCUT2D eigenvalue weighted by Crippen LogP contribution is -2.35. The average Bonchev–Trinajstić information content (AvgIpc) is 2.16. The van der Waals surface area contributed by atoms with E-state index in [0.717, 1.165) is 13.0 Å². The van der Waals surface area contributed by atoms with Gasteiger partial charge in [-0.15, -0.1) is 0 Å². The maximum atomic E-state index is 11.1. The topological polar surface area (TPSA) is 29.1 Å². The molecule has 0 aromatic heterocycles. The van der Waals surface area contributed by atoms with Crippen molar-refractivity contribution in [2.75, 3.05) is 6.54 Å². The summed E-state index contributed by atoms with van der Waals surface area (Å²) >= 11 is 0. The van der Waals surface area contributed by atoms with E-state index < -0.39 is 0 Å². The van der Waals surface area contributed by atoms with Crippen molar-refractivity contribution in [1.29, 1.82) is 0 Å². The molecule has 2 heteroatoms. The Morgan fingerprint density at radius 2 is 1.73 bits per heavy atom. The van der Waals surface area contributed by atoms with Crippen LogP contribution in [0.15, 0.2) is 0 Å². The van der Waals surface area contributed by atoms with Crippen molar-refractivity contribution in [3.8, 4) is 0 Å². The summed E-state index contributed by atoms with van der Waals surface area (Å²) in [5, 5.41) is 2.90. The first-order chi connectivity index (χ1) is 6.84. The Labute approximate surface area is 94.8 Å². The van der Waals surface area contributed by atoms with Crippen molar-refractivity contribution in [3.63, 3.8) is 0 Å². The SMILES string of the molecule is C[CH]C(=O)NCCC(C)(C(C)C)C(C)C. The standard InChI is InChI=1S/C13H26NO/c1-7-12(15)14-9-8-13(6,10(2)3)11(4)5/h7,10-11H,8-9H2,1-6H3,(H,14,15). The molecule has 89 valence electrons. The third-order valence-corrected chi connectivity index (χ3v) is 3.86. The van der Waals surface area contributed by atoms with Gasteiger partial charge in [0, 0.05) is 13.0 Å². The Bertz CT molecular complexity index is 189. The van der Waals surface area contributed by atoms with Crippen molar-refractivity contribution >= 4 is 5.91 Å². The molecular formula is C13H26NO. The predicted octanol–water partition coefficient (Wildman–Crippen LogP) is 3.04. The molecule has 0 saturated heterocycles. The van der Waals surface area contributed by atoms with Gasteiger partial charge in [-0.1, -0.05) is 41.5 Å². The van der Waals surface area contributed by atoms with Gasteiger partial charge < -0.3 is 5.32 Å².